The van der Waals surface area contributed by atoms with E-state index in [-0.39, 0.29) is 12.4 Å². The minimum Gasteiger partial charge on any atom is -0.486 e. The Morgan fingerprint density at radius 1 is 0.957 bits per heavy atom. The van der Waals surface area contributed by atoms with E-state index in [1.807, 2.05) is 0 Å². The molecule has 0 N–H and O–H groups in total. The van der Waals surface area contributed by atoms with Crippen LogP contribution in [0.5, 0.6) is 11.5 Å². The third kappa shape index (κ3) is 3.71. The van der Waals surface area contributed by atoms with Gasteiger partial charge in [-0.2, -0.15) is 0 Å². The summed E-state index contributed by atoms with van der Waals surface area (Å²) in [5, 5.41) is 0. The van der Waals surface area contributed by atoms with Crippen molar-refractivity contribution in [1.82, 2.24) is 0 Å². The number of carbonyl (C=O) groups is 2. The van der Waals surface area contributed by atoms with Crippen molar-refractivity contribution >= 4 is 27.7 Å². The van der Waals surface area contributed by atoms with Crippen LogP contribution in [0.25, 0.3) is 0 Å². The van der Waals surface area contributed by atoms with Crippen molar-refractivity contribution < 1.29 is 23.8 Å². The second-order valence-corrected chi connectivity index (χ2v) is 5.78. The van der Waals surface area contributed by atoms with E-state index in [0.29, 0.717) is 35.8 Å². The molecule has 0 saturated heterocycles. The average molecular weight is 377 g/mol. The SMILES string of the molecule is O=C(COC(=O)c1ccc2c(c1)OCCO2)c1ccc(Br)cc1. The van der Waals surface area contributed by atoms with Crippen LogP contribution in [0.3, 0.4) is 0 Å². The van der Waals surface area contributed by atoms with Crippen molar-refractivity contribution in [2.75, 3.05) is 19.8 Å². The quantitative estimate of drug-likeness (QED) is 0.605. The predicted molar refractivity (Wildman–Crippen MR) is 86.2 cm³/mol. The molecule has 0 radical (unpaired) electrons. The fraction of sp³-hybridized carbons (Fsp3) is 0.176. The molecule has 118 valence electrons. The molecule has 0 atom stereocenters. The standard InChI is InChI=1S/C17H13BrO5/c18-13-4-1-11(2-5-13)14(19)10-23-17(20)12-3-6-15-16(9-12)22-8-7-21-15/h1-6,9H,7-8,10H2. The first-order chi connectivity index (χ1) is 11.1. The Morgan fingerprint density at radius 3 is 2.35 bits per heavy atom. The van der Waals surface area contributed by atoms with Crippen molar-refractivity contribution in [1.29, 1.82) is 0 Å². The summed E-state index contributed by atoms with van der Waals surface area (Å²) in [6.07, 6.45) is 0. The van der Waals surface area contributed by atoms with E-state index in [4.69, 9.17) is 14.2 Å². The molecule has 0 saturated carbocycles. The molecule has 6 heteroatoms. The summed E-state index contributed by atoms with van der Waals surface area (Å²) in [6, 6.07) is 11.7. The van der Waals surface area contributed by atoms with E-state index >= 15 is 0 Å². The van der Waals surface area contributed by atoms with Crippen LogP contribution in [-0.4, -0.2) is 31.6 Å². The normalized spacial score (nSPS) is 12.6. The maximum absolute atomic E-state index is 12.0. The van der Waals surface area contributed by atoms with Gasteiger partial charge in [0, 0.05) is 10.0 Å². The summed E-state index contributed by atoms with van der Waals surface area (Å²) in [5.41, 5.74) is 0.807. The predicted octanol–water partition coefficient (Wildman–Crippen LogP) is 3.26. The molecule has 0 unspecified atom stereocenters. The second kappa shape index (κ2) is 6.83. The number of rotatable bonds is 4. The van der Waals surface area contributed by atoms with Crippen LogP contribution in [-0.2, 0) is 4.74 Å². The Morgan fingerprint density at radius 2 is 1.61 bits per heavy atom. The molecule has 0 fully saturated rings. The van der Waals surface area contributed by atoms with Crippen molar-refractivity contribution in [2.45, 2.75) is 0 Å². The molecule has 0 spiro atoms. The van der Waals surface area contributed by atoms with Gasteiger partial charge in [0.15, 0.2) is 23.9 Å². The molecule has 0 bridgehead atoms. The second-order valence-electron chi connectivity index (χ2n) is 4.86. The Kier molecular flexibility index (Phi) is 4.62. The van der Waals surface area contributed by atoms with E-state index < -0.39 is 5.97 Å². The van der Waals surface area contributed by atoms with Gasteiger partial charge in [0.2, 0.25) is 0 Å². The Labute approximate surface area is 141 Å². The number of ketones is 1. The van der Waals surface area contributed by atoms with Gasteiger partial charge in [-0.3, -0.25) is 4.79 Å². The maximum Gasteiger partial charge on any atom is 0.338 e. The minimum absolute atomic E-state index is 0.261. The third-order valence-corrected chi connectivity index (χ3v) is 3.81. The number of hydrogen-bond acceptors (Lipinski definition) is 5. The fourth-order valence-electron chi connectivity index (χ4n) is 2.10. The van der Waals surface area contributed by atoms with Crippen LogP contribution in [0.4, 0.5) is 0 Å². The van der Waals surface area contributed by atoms with Crippen molar-refractivity contribution in [3.8, 4) is 11.5 Å². The summed E-state index contributed by atoms with van der Waals surface area (Å²) < 4.78 is 16.8. The van der Waals surface area contributed by atoms with E-state index in [0.717, 1.165) is 4.47 Å². The number of carbonyl (C=O) groups excluding carboxylic acids is 2. The van der Waals surface area contributed by atoms with E-state index in [2.05, 4.69) is 15.9 Å². The summed E-state index contributed by atoms with van der Waals surface area (Å²) in [4.78, 5) is 24.0. The van der Waals surface area contributed by atoms with Gasteiger partial charge < -0.3 is 14.2 Å². The molecule has 5 nitrogen and oxygen atoms in total. The number of ether oxygens (including phenoxy) is 3. The molecule has 23 heavy (non-hydrogen) atoms. The molecule has 2 aromatic rings. The molecule has 2 aromatic carbocycles. The zero-order valence-corrected chi connectivity index (χ0v) is 13.7. The van der Waals surface area contributed by atoms with Gasteiger partial charge in [0.25, 0.3) is 0 Å². The number of halogens is 1. The average Bonchev–Trinajstić information content (AvgIpc) is 2.59. The van der Waals surface area contributed by atoms with Gasteiger partial charge >= 0.3 is 5.97 Å². The summed E-state index contributed by atoms with van der Waals surface area (Å²) >= 11 is 3.30. The number of Topliss-reactive ketones (excluding diaryl/α,β-unsaturated/α-hetero) is 1. The van der Waals surface area contributed by atoms with E-state index in [1.54, 1.807) is 42.5 Å². The topological polar surface area (TPSA) is 61.8 Å². The molecule has 0 amide bonds. The Hall–Kier alpha value is -2.34. The highest BCUT2D eigenvalue weighted by molar-refractivity contribution is 9.10. The number of benzene rings is 2. The fourth-order valence-corrected chi connectivity index (χ4v) is 2.37. The first-order valence-electron chi connectivity index (χ1n) is 6.99. The Bertz CT molecular complexity index is 739. The summed E-state index contributed by atoms with van der Waals surface area (Å²) in [5.74, 6) is 0.263. The molecule has 1 heterocycles. The highest BCUT2D eigenvalue weighted by Gasteiger charge is 2.17. The lowest BCUT2D eigenvalue weighted by molar-refractivity contribution is 0.0474. The molecule has 0 aromatic heterocycles. The van der Waals surface area contributed by atoms with Crippen molar-refractivity contribution in [2.24, 2.45) is 0 Å². The van der Waals surface area contributed by atoms with Crippen LogP contribution in [0, 0.1) is 0 Å². The monoisotopic (exact) mass is 376 g/mol. The van der Waals surface area contributed by atoms with Gasteiger partial charge in [0.05, 0.1) is 5.56 Å². The first kappa shape index (κ1) is 15.6. The maximum atomic E-state index is 12.0. The number of fused-ring (bicyclic) bond motifs is 1. The molecular formula is C17H13BrO5. The van der Waals surface area contributed by atoms with Gasteiger partial charge in [-0.15, -0.1) is 0 Å². The van der Waals surface area contributed by atoms with Crippen molar-refractivity contribution in [3.63, 3.8) is 0 Å². The van der Waals surface area contributed by atoms with Crippen LogP contribution in [0.2, 0.25) is 0 Å². The largest absolute Gasteiger partial charge is 0.486 e. The zero-order valence-electron chi connectivity index (χ0n) is 12.1. The summed E-state index contributed by atoms with van der Waals surface area (Å²) in [7, 11) is 0. The molecule has 1 aliphatic rings. The lowest BCUT2D eigenvalue weighted by atomic mass is 10.1. The lowest BCUT2D eigenvalue weighted by Crippen LogP contribution is -2.17. The number of esters is 1. The van der Waals surface area contributed by atoms with Gasteiger partial charge in [-0.25, -0.2) is 4.79 Å². The molecule has 1 aliphatic heterocycles. The third-order valence-electron chi connectivity index (χ3n) is 3.28. The van der Waals surface area contributed by atoms with E-state index in [9.17, 15) is 9.59 Å². The van der Waals surface area contributed by atoms with Crippen molar-refractivity contribution in [3.05, 3.63) is 58.1 Å². The Balaban J connectivity index is 1.63. The first-order valence-corrected chi connectivity index (χ1v) is 7.78. The highest BCUT2D eigenvalue weighted by Crippen LogP contribution is 2.30. The van der Waals surface area contributed by atoms with Crippen LogP contribution in [0.1, 0.15) is 20.7 Å². The highest BCUT2D eigenvalue weighted by atomic mass is 79.9. The summed E-state index contributed by atoms with van der Waals surface area (Å²) in [6.45, 7) is 0.612. The van der Waals surface area contributed by atoms with Crippen LogP contribution >= 0.6 is 15.9 Å². The lowest BCUT2D eigenvalue weighted by Gasteiger charge is -2.18. The molecule has 3 rings (SSSR count). The molecular weight excluding hydrogens is 364 g/mol. The number of hydrogen-bond donors (Lipinski definition) is 0. The van der Waals surface area contributed by atoms with Gasteiger partial charge in [0.1, 0.15) is 13.2 Å². The minimum atomic E-state index is -0.576. The van der Waals surface area contributed by atoms with Gasteiger partial charge in [-0.05, 0) is 30.3 Å². The van der Waals surface area contributed by atoms with Gasteiger partial charge in [-0.1, -0.05) is 28.1 Å². The van der Waals surface area contributed by atoms with E-state index in [1.165, 1.54) is 0 Å². The molecule has 0 aliphatic carbocycles. The van der Waals surface area contributed by atoms with Crippen LogP contribution in [0.15, 0.2) is 46.9 Å². The zero-order chi connectivity index (χ0) is 16.2. The van der Waals surface area contributed by atoms with Crippen LogP contribution < -0.4 is 9.47 Å². The smallest absolute Gasteiger partial charge is 0.338 e.